The summed E-state index contributed by atoms with van der Waals surface area (Å²) in [5.74, 6) is 0. The maximum atomic E-state index is 6.29. The molecule has 0 bridgehead atoms. The molecule has 0 amide bonds. The zero-order chi connectivity index (χ0) is 13.3. The van der Waals surface area contributed by atoms with E-state index in [1.165, 1.54) is 16.7 Å². The maximum absolute atomic E-state index is 6.29. The standard InChI is InChI=1S/C16H18ClN/c1-10-4-5-11(2)15(8-10)13-6-7-14(12(3)18)16(17)9-13/h4-9,12H,18H2,1-3H3. The second kappa shape index (κ2) is 5.13. The van der Waals surface area contributed by atoms with Gasteiger partial charge in [-0.15, -0.1) is 0 Å². The normalized spacial score (nSPS) is 12.5. The Hall–Kier alpha value is -1.31. The molecule has 1 atom stereocenters. The molecule has 0 aliphatic carbocycles. The number of aryl methyl sites for hydroxylation is 2. The summed E-state index contributed by atoms with van der Waals surface area (Å²) in [5, 5.41) is 0.739. The summed E-state index contributed by atoms with van der Waals surface area (Å²) >= 11 is 6.29. The third kappa shape index (κ3) is 2.58. The molecule has 0 aliphatic rings. The number of benzene rings is 2. The first kappa shape index (κ1) is 13.1. The fraction of sp³-hybridized carbons (Fsp3) is 0.250. The summed E-state index contributed by atoms with van der Waals surface area (Å²) in [6.45, 7) is 6.15. The monoisotopic (exact) mass is 259 g/mol. The summed E-state index contributed by atoms with van der Waals surface area (Å²) in [4.78, 5) is 0. The molecule has 0 aromatic heterocycles. The van der Waals surface area contributed by atoms with Gasteiger partial charge in [0, 0.05) is 11.1 Å². The third-order valence-corrected chi connectivity index (χ3v) is 3.52. The van der Waals surface area contributed by atoms with E-state index in [0.29, 0.717) is 0 Å². The molecule has 1 unspecified atom stereocenters. The van der Waals surface area contributed by atoms with E-state index in [4.69, 9.17) is 17.3 Å². The van der Waals surface area contributed by atoms with E-state index in [0.717, 1.165) is 16.1 Å². The topological polar surface area (TPSA) is 26.0 Å². The van der Waals surface area contributed by atoms with Crippen molar-refractivity contribution < 1.29 is 0 Å². The first-order valence-corrected chi connectivity index (χ1v) is 6.49. The fourth-order valence-corrected chi connectivity index (χ4v) is 2.46. The lowest BCUT2D eigenvalue weighted by Gasteiger charge is -2.12. The molecule has 2 aromatic rings. The highest BCUT2D eigenvalue weighted by Crippen LogP contribution is 2.30. The van der Waals surface area contributed by atoms with Crippen LogP contribution in [-0.4, -0.2) is 0 Å². The van der Waals surface area contributed by atoms with Gasteiger partial charge in [-0.2, -0.15) is 0 Å². The average Bonchev–Trinajstić information content (AvgIpc) is 2.31. The van der Waals surface area contributed by atoms with Gasteiger partial charge in [-0.25, -0.2) is 0 Å². The van der Waals surface area contributed by atoms with Crippen molar-refractivity contribution in [3.8, 4) is 11.1 Å². The minimum Gasteiger partial charge on any atom is -0.324 e. The minimum absolute atomic E-state index is 0.0369. The number of rotatable bonds is 2. The highest BCUT2D eigenvalue weighted by Gasteiger charge is 2.08. The Labute approximate surface area is 114 Å². The van der Waals surface area contributed by atoms with Gasteiger partial charge in [-0.1, -0.05) is 47.5 Å². The van der Waals surface area contributed by atoms with Crippen LogP contribution in [0.15, 0.2) is 36.4 Å². The van der Waals surface area contributed by atoms with Gasteiger partial charge in [0.05, 0.1) is 0 Å². The molecule has 0 fully saturated rings. The molecule has 2 aromatic carbocycles. The zero-order valence-corrected chi connectivity index (χ0v) is 11.8. The molecule has 0 aliphatic heterocycles. The van der Waals surface area contributed by atoms with Crippen molar-refractivity contribution in [2.45, 2.75) is 26.8 Å². The van der Waals surface area contributed by atoms with Gasteiger partial charge in [-0.05, 0) is 49.1 Å². The highest BCUT2D eigenvalue weighted by molar-refractivity contribution is 6.31. The van der Waals surface area contributed by atoms with E-state index < -0.39 is 0 Å². The van der Waals surface area contributed by atoms with Crippen LogP contribution in [0.5, 0.6) is 0 Å². The van der Waals surface area contributed by atoms with Gasteiger partial charge in [0.2, 0.25) is 0 Å². The van der Waals surface area contributed by atoms with E-state index in [1.807, 2.05) is 19.1 Å². The Morgan fingerprint density at radius 2 is 1.78 bits per heavy atom. The summed E-state index contributed by atoms with van der Waals surface area (Å²) in [5.41, 5.74) is 11.7. The first-order chi connectivity index (χ1) is 8.49. The molecule has 0 saturated carbocycles. The molecule has 0 saturated heterocycles. The molecule has 18 heavy (non-hydrogen) atoms. The average molecular weight is 260 g/mol. The van der Waals surface area contributed by atoms with Crippen LogP contribution in [0.1, 0.15) is 29.7 Å². The summed E-state index contributed by atoms with van der Waals surface area (Å²) in [6, 6.07) is 12.5. The molecule has 0 spiro atoms. The van der Waals surface area contributed by atoms with E-state index in [2.05, 4.69) is 38.1 Å². The molecular formula is C16H18ClN. The Balaban J connectivity index is 2.52. The van der Waals surface area contributed by atoms with Crippen LogP contribution < -0.4 is 5.73 Å². The van der Waals surface area contributed by atoms with Crippen LogP contribution in [0.3, 0.4) is 0 Å². The van der Waals surface area contributed by atoms with Gasteiger partial charge in [-0.3, -0.25) is 0 Å². The van der Waals surface area contributed by atoms with Crippen molar-refractivity contribution in [1.29, 1.82) is 0 Å². The largest absolute Gasteiger partial charge is 0.324 e. The van der Waals surface area contributed by atoms with Crippen molar-refractivity contribution >= 4 is 11.6 Å². The van der Waals surface area contributed by atoms with Gasteiger partial charge in [0.1, 0.15) is 0 Å². The predicted molar refractivity (Wildman–Crippen MR) is 79.0 cm³/mol. The third-order valence-electron chi connectivity index (χ3n) is 3.20. The lowest BCUT2D eigenvalue weighted by molar-refractivity contribution is 0.819. The number of hydrogen-bond donors (Lipinski definition) is 1. The zero-order valence-electron chi connectivity index (χ0n) is 11.0. The van der Waals surface area contributed by atoms with E-state index in [-0.39, 0.29) is 6.04 Å². The van der Waals surface area contributed by atoms with Gasteiger partial charge in [0.25, 0.3) is 0 Å². The van der Waals surface area contributed by atoms with Crippen LogP contribution in [0.2, 0.25) is 5.02 Å². The molecule has 1 nitrogen and oxygen atoms in total. The lowest BCUT2D eigenvalue weighted by atomic mass is 9.96. The highest BCUT2D eigenvalue weighted by atomic mass is 35.5. The van der Waals surface area contributed by atoms with Crippen molar-refractivity contribution in [2.75, 3.05) is 0 Å². The molecule has 0 heterocycles. The molecule has 0 radical (unpaired) electrons. The number of halogens is 1. The van der Waals surface area contributed by atoms with Gasteiger partial charge in [0.15, 0.2) is 0 Å². The molecule has 2 N–H and O–H groups in total. The van der Waals surface area contributed by atoms with E-state index >= 15 is 0 Å². The Bertz CT molecular complexity index is 573. The molecule has 2 heteroatoms. The maximum Gasteiger partial charge on any atom is 0.0459 e. The van der Waals surface area contributed by atoms with Gasteiger partial charge < -0.3 is 5.73 Å². The fourth-order valence-electron chi connectivity index (χ4n) is 2.11. The second-order valence-electron chi connectivity index (χ2n) is 4.84. The van der Waals surface area contributed by atoms with Crippen LogP contribution in [0, 0.1) is 13.8 Å². The van der Waals surface area contributed by atoms with Crippen molar-refractivity contribution in [2.24, 2.45) is 5.73 Å². The predicted octanol–water partition coefficient (Wildman–Crippen LogP) is 4.64. The minimum atomic E-state index is -0.0369. The van der Waals surface area contributed by atoms with Crippen LogP contribution in [-0.2, 0) is 0 Å². The van der Waals surface area contributed by atoms with Crippen LogP contribution >= 0.6 is 11.6 Å². The van der Waals surface area contributed by atoms with Crippen molar-refractivity contribution in [3.63, 3.8) is 0 Å². The summed E-state index contributed by atoms with van der Waals surface area (Å²) < 4.78 is 0. The first-order valence-electron chi connectivity index (χ1n) is 6.11. The second-order valence-corrected chi connectivity index (χ2v) is 5.25. The number of hydrogen-bond acceptors (Lipinski definition) is 1. The lowest BCUT2D eigenvalue weighted by Crippen LogP contribution is -2.05. The van der Waals surface area contributed by atoms with Gasteiger partial charge >= 0.3 is 0 Å². The molecular weight excluding hydrogens is 242 g/mol. The Morgan fingerprint density at radius 1 is 1.06 bits per heavy atom. The van der Waals surface area contributed by atoms with Crippen LogP contribution in [0.4, 0.5) is 0 Å². The quantitative estimate of drug-likeness (QED) is 0.835. The smallest absolute Gasteiger partial charge is 0.0459 e. The van der Waals surface area contributed by atoms with Crippen molar-refractivity contribution in [3.05, 3.63) is 58.1 Å². The Morgan fingerprint density at radius 3 is 2.39 bits per heavy atom. The molecule has 2 rings (SSSR count). The SMILES string of the molecule is Cc1ccc(C)c(-c2ccc(C(C)N)c(Cl)c2)c1. The molecule has 94 valence electrons. The summed E-state index contributed by atoms with van der Waals surface area (Å²) in [6.07, 6.45) is 0. The Kier molecular flexibility index (Phi) is 3.74. The van der Waals surface area contributed by atoms with Crippen molar-refractivity contribution in [1.82, 2.24) is 0 Å². The van der Waals surface area contributed by atoms with E-state index in [9.17, 15) is 0 Å². The number of nitrogens with two attached hydrogens (primary N) is 1. The van der Waals surface area contributed by atoms with E-state index in [1.54, 1.807) is 0 Å². The van der Waals surface area contributed by atoms with Crippen LogP contribution in [0.25, 0.3) is 11.1 Å². The summed E-state index contributed by atoms with van der Waals surface area (Å²) in [7, 11) is 0.